The summed E-state index contributed by atoms with van der Waals surface area (Å²) >= 11 is 2.51. The second kappa shape index (κ2) is 2.83. The number of hydrogen-bond acceptors (Lipinski definition) is 3. The average molecular weight is 215 g/mol. The van der Waals surface area contributed by atoms with E-state index in [4.69, 9.17) is 13.9 Å². The molecule has 0 aliphatic carbocycles. The minimum absolute atomic E-state index is 0.123. The fraction of sp³-hybridized carbons (Fsp3) is 1.00. The van der Waals surface area contributed by atoms with Gasteiger partial charge in [0, 0.05) is 0 Å². The first-order valence-electron chi connectivity index (χ1n) is 2.76. The molecule has 1 aliphatic heterocycles. The topological polar surface area (TPSA) is 38.7 Å². The van der Waals surface area contributed by atoms with Crippen LogP contribution in [0, 0.1) is 0 Å². The molecule has 0 radical (unpaired) electrons. The van der Waals surface area contributed by atoms with Crippen molar-refractivity contribution in [1.82, 2.24) is 0 Å². The van der Waals surface area contributed by atoms with E-state index in [1.807, 2.05) is 6.92 Å². The van der Waals surface area contributed by atoms with Crippen LogP contribution < -0.4 is 0 Å². The van der Waals surface area contributed by atoms with Crippen LogP contribution in [0.5, 0.6) is 0 Å². The van der Waals surface area contributed by atoms with Crippen LogP contribution in [0.15, 0.2) is 0 Å². The van der Waals surface area contributed by atoms with E-state index in [1.54, 1.807) is 0 Å². The van der Waals surface area contributed by atoms with Gasteiger partial charge in [-0.05, 0) is 0 Å². The van der Waals surface area contributed by atoms with E-state index in [2.05, 4.69) is 15.1 Å². The number of hydrogen-bond donors (Lipinski definition) is 1. The molecule has 0 spiro atoms. The van der Waals surface area contributed by atoms with Crippen molar-refractivity contribution in [2.75, 3.05) is 6.61 Å². The zero-order chi connectivity index (χ0) is 6.91. The molecule has 0 amide bonds. The van der Waals surface area contributed by atoms with Gasteiger partial charge in [0.15, 0.2) is 0 Å². The van der Waals surface area contributed by atoms with Gasteiger partial charge >= 0.3 is 61.3 Å². The van der Waals surface area contributed by atoms with E-state index in [0.29, 0.717) is 6.61 Å². The van der Waals surface area contributed by atoms with E-state index in [-0.39, 0.29) is 6.10 Å². The Kier molecular flexibility index (Phi) is 2.49. The van der Waals surface area contributed by atoms with Crippen molar-refractivity contribution < 1.29 is 13.9 Å². The van der Waals surface area contributed by atoms with Crippen molar-refractivity contribution in [1.29, 1.82) is 0 Å². The SMILES string of the molecule is C[C@H]1CCO[P@](O)(=[Se])O1. The Bertz CT molecular complexity index is 149. The zero-order valence-electron chi connectivity index (χ0n) is 5.11. The normalized spacial score (nSPS) is 44.9. The first kappa shape index (κ1) is 7.93. The first-order valence-corrected chi connectivity index (χ1v) is 6.55. The molecule has 2 atom stereocenters. The molecule has 0 aromatic rings. The van der Waals surface area contributed by atoms with Gasteiger partial charge in [-0.2, -0.15) is 0 Å². The van der Waals surface area contributed by atoms with Crippen LogP contribution in [0.4, 0.5) is 0 Å². The molecule has 1 aliphatic rings. The Hall–Kier alpha value is 0.829. The van der Waals surface area contributed by atoms with E-state index in [1.165, 1.54) is 0 Å². The molecule has 1 saturated heterocycles. The van der Waals surface area contributed by atoms with Crippen LogP contribution in [0.25, 0.3) is 0 Å². The first-order chi connectivity index (χ1) is 4.10. The number of rotatable bonds is 0. The van der Waals surface area contributed by atoms with Crippen molar-refractivity contribution in [2.24, 2.45) is 0 Å². The van der Waals surface area contributed by atoms with Crippen molar-refractivity contribution >= 4 is 21.3 Å². The van der Waals surface area contributed by atoms with Crippen LogP contribution in [0.1, 0.15) is 13.3 Å². The molecule has 0 aromatic carbocycles. The van der Waals surface area contributed by atoms with Crippen LogP contribution in [0.2, 0.25) is 0 Å². The summed E-state index contributed by atoms with van der Waals surface area (Å²) in [5, 5.41) is 0. The monoisotopic (exact) mass is 216 g/mol. The molecule has 5 heteroatoms. The van der Waals surface area contributed by atoms with E-state index >= 15 is 0 Å². The maximum absolute atomic E-state index is 9.16. The molecule has 0 aromatic heterocycles. The molecule has 0 saturated carbocycles. The summed E-state index contributed by atoms with van der Waals surface area (Å²) in [4.78, 5) is 9.16. The van der Waals surface area contributed by atoms with Gasteiger partial charge in [0.2, 0.25) is 0 Å². The third-order valence-electron chi connectivity index (χ3n) is 1.09. The van der Waals surface area contributed by atoms with Gasteiger partial charge in [-0.25, -0.2) is 0 Å². The Labute approximate surface area is 61.8 Å². The van der Waals surface area contributed by atoms with Gasteiger partial charge in [-0.15, -0.1) is 0 Å². The fourth-order valence-corrected chi connectivity index (χ4v) is 3.00. The molecule has 1 rings (SSSR count). The molecule has 1 N–H and O–H groups in total. The van der Waals surface area contributed by atoms with Gasteiger partial charge < -0.3 is 0 Å². The van der Waals surface area contributed by atoms with Crippen molar-refractivity contribution in [3.05, 3.63) is 0 Å². The summed E-state index contributed by atoms with van der Waals surface area (Å²) in [6.07, 6.45) is -1.53. The van der Waals surface area contributed by atoms with E-state index in [9.17, 15) is 0 Å². The predicted octanol–water partition coefficient (Wildman–Crippen LogP) is 0.650. The second-order valence-electron chi connectivity index (χ2n) is 2.01. The maximum atomic E-state index is 9.16. The molecule has 1 heterocycles. The van der Waals surface area contributed by atoms with Crippen molar-refractivity contribution in [2.45, 2.75) is 19.4 Å². The third-order valence-corrected chi connectivity index (χ3v) is 3.43. The minimum atomic E-state index is -2.52. The summed E-state index contributed by atoms with van der Waals surface area (Å²) in [6.45, 7) is 2.52. The van der Waals surface area contributed by atoms with Gasteiger partial charge in [0.1, 0.15) is 0 Å². The standard InChI is InChI=1S/C4H9O3PSe/c1-4-2-3-6-8(5,9)7-4/h4H,2-3H2,1H3,(H,5,9)/t4-,8-/m0/s1. The van der Waals surface area contributed by atoms with Gasteiger partial charge in [-0.1, -0.05) is 0 Å². The quantitative estimate of drug-likeness (QED) is 0.476. The molecule has 0 unspecified atom stereocenters. The van der Waals surface area contributed by atoms with Crippen LogP contribution in [-0.2, 0) is 9.05 Å². The van der Waals surface area contributed by atoms with Crippen molar-refractivity contribution in [3.63, 3.8) is 0 Å². The molecule has 54 valence electrons. The zero-order valence-corrected chi connectivity index (χ0v) is 7.72. The summed E-state index contributed by atoms with van der Waals surface area (Å²) < 4.78 is 9.99. The Morgan fingerprint density at radius 3 is 2.78 bits per heavy atom. The second-order valence-corrected chi connectivity index (χ2v) is 6.32. The average Bonchev–Trinajstić information content (AvgIpc) is 1.60. The predicted molar refractivity (Wildman–Crippen MR) is 36.0 cm³/mol. The summed E-state index contributed by atoms with van der Waals surface area (Å²) in [6, 6.07) is 0. The Balaban J connectivity index is 2.51. The van der Waals surface area contributed by atoms with Gasteiger partial charge in [0.05, 0.1) is 0 Å². The van der Waals surface area contributed by atoms with E-state index in [0.717, 1.165) is 6.42 Å². The van der Waals surface area contributed by atoms with E-state index < -0.39 is 6.19 Å². The molecular weight excluding hydrogens is 206 g/mol. The van der Waals surface area contributed by atoms with Crippen molar-refractivity contribution in [3.8, 4) is 0 Å². The molecule has 0 bridgehead atoms. The van der Waals surface area contributed by atoms with Crippen LogP contribution in [0.3, 0.4) is 0 Å². The third kappa shape index (κ3) is 2.50. The molecular formula is C4H9O3PSe. The van der Waals surface area contributed by atoms with Crippen LogP contribution >= 0.6 is 6.19 Å². The van der Waals surface area contributed by atoms with Gasteiger partial charge in [-0.3, -0.25) is 0 Å². The Morgan fingerprint density at radius 2 is 2.44 bits per heavy atom. The fourth-order valence-electron chi connectivity index (χ4n) is 0.645. The summed E-state index contributed by atoms with van der Waals surface area (Å²) in [5.41, 5.74) is 0. The molecule has 3 nitrogen and oxygen atoms in total. The molecule has 9 heavy (non-hydrogen) atoms. The molecule has 1 fully saturated rings. The summed E-state index contributed by atoms with van der Waals surface area (Å²) in [7, 11) is 0. The Morgan fingerprint density at radius 1 is 1.78 bits per heavy atom. The van der Waals surface area contributed by atoms with Crippen LogP contribution in [-0.4, -0.2) is 32.7 Å². The van der Waals surface area contributed by atoms with Gasteiger partial charge in [0.25, 0.3) is 0 Å². The summed E-state index contributed by atoms with van der Waals surface area (Å²) in [5.74, 6) is 0.